The summed E-state index contributed by atoms with van der Waals surface area (Å²) in [5, 5.41) is 5.51. The summed E-state index contributed by atoms with van der Waals surface area (Å²) in [4.78, 5) is 19.8. The third kappa shape index (κ3) is 4.22. The highest BCUT2D eigenvalue weighted by Gasteiger charge is 2.28. The van der Waals surface area contributed by atoms with E-state index in [9.17, 15) is 4.79 Å². The Balaban J connectivity index is 1.92. The molecule has 1 atom stereocenters. The van der Waals surface area contributed by atoms with Gasteiger partial charge in [-0.25, -0.2) is 0 Å². The standard InChI is InChI=1S/C16H25N3O2S/c1-4-21-15(20)13-6-5-8-19(11-13)16(17-3)18-10-14-12(2)7-9-22-14/h7,9,13H,4-6,8,10-11H2,1-3H3,(H,17,18). The van der Waals surface area contributed by atoms with Crippen LogP contribution in [-0.4, -0.2) is 43.6 Å². The van der Waals surface area contributed by atoms with Gasteiger partial charge in [0.25, 0.3) is 0 Å². The van der Waals surface area contributed by atoms with Crippen LogP contribution in [0.4, 0.5) is 0 Å². The highest BCUT2D eigenvalue weighted by molar-refractivity contribution is 7.10. The molecule has 0 aliphatic carbocycles. The van der Waals surface area contributed by atoms with Gasteiger partial charge in [-0.3, -0.25) is 9.79 Å². The lowest BCUT2D eigenvalue weighted by Crippen LogP contribution is -2.48. The van der Waals surface area contributed by atoms with E-state index in [1.807, 2.05) is 6.92 Å². The minimum atomic E-state index is -0.0863. The third-order valence-corrected chi connectivity index (χ3v) is 4.95. The average molecular weight is 323 g/mol. The fourth-order valence-electron chi connectivity index (χ4n) is 2.70. The molecule has 0 saturated carbocycles. The zero-order valence-corrected chi connectivity index (χ0v) is 14.4. The summed E-state index contributed by atoms with van der Waals surface area (Å²) >= 11 is 1.75. The van der Waals surface area contributed by atoms with Crippen molar-refractivity contribution in [3.05, 3.63) is 21.9 Å². The number of aryl methyl sites for hydroxylation is 1. The summed E-state index contributed by atoms with van der Waals surface area (Å²) in [7, 11) is 1.79. The average Bonchev–Trinajstić information content (AvgIpc) is 2.94. The van der Waals surface area contributed by atoms with Crippen LogP contribution < -0.4 is 5.32 Å². The number of hydrogen-bond acceptors (Lipinski definition) is 4. The molecule has 122 valence electrons. The summed E-state index contributed by atoms with van der Waals surface area (Å²) in [6.07, 6.45) is 1.89. The molecule has 0 spiro atoms. The Bertz CT molecular complexity index is 527. The Morgan fingerprint density at radius 3 is 3.05 bits per heavy atom. The molecule has 1 N–H and O–H groups in total. The van der Waals surface area contributed by atoms with Crippen LogP contribution in [0.5, 0.6) is 0 Å². The summed E-state index contributed by atoms with van der Waals surface area (Å²) in [6.45, 7) is 6.80. The van der Waals surface area contributed by atoms with Gasteiger partial charge in [0.05, 0.1) is 19.1 Å². The van der Waals surface area contributed by atoms with Crippen LogP contribution >= 0.6 is 11.3 Å². The van der Waals surface area contributed by atoms with Gasteiger partial charge in [0.2, 0.25) is 0 Å². The van der Waals surface area contributed by atoms with Crippen LogP contribution in [0.3, 0.4) is 0 Å². The van der Waals surface area contributed by atoms with Gasteiger partial charge >= 0.3 is 5.97 Å². The Morgan fingerprint density at radius 1 is 1.59 bits per heavy atom. The van der Waals surface area contributed by atoms with E-state index in [2.05, 4.69) is 33.6 Å². The molecule has 1 fully saturated rings. The molecule has 6 heteroatoms. The molecule has 0 aromatic carbocycles. The second-order valence-electron chi connectivity index (χ2n) is 5.46. The van der Waals surface area contributed by atoms with Crippen molar-refractivity contribution in [3.63, 3.8) is 0 Å². The van der Waals surface area contributed by atoms with Gasteiger partial charge in [-0.1, -0.05) is 0 Å². The zero-order chi connectivity index (χ0) is 15.9. The smallest absolute Gasteiger partial charge is 0.310 e. The van der Waals surface area contributed by atoms with E-state index < -0.39 is 0 Å². The second kappa shape index (κ2) is 8.17. The molecule has 1 aromatic rings. The third-order valence-electron chi connectivity index (χ3n) is 3.93. The van der Waals surface area contributed by atoms with E-state index in [4.69, 9.17) is 4.74 Å². The molecule has 1 aromatic heterocycles. The first kappa shape index (κ1) is 16.8. The van der Waals surface area contributed by atoms with Gasteiger partial charge in [-0.05, 0) is 43.7 Å². The van der Waals surface area contributed by atoms with Gasteiger partial charge in [0.1, 0.15) is 0 Å². The fraction of sp³-hybridized carbons (Fsp3) is 0.625. The highest BCUT2D eigenvalue weighted by Crippen LogP contribution is 2.19. The van der Waals surface area contributed by atoms with Gasteiger partial charge in [0.15, 0.2) is 5.96 Å². The van der Waals surface area contributed by atoms with Crippen molar-refractivity contribution in [2.24, 2.45) is 10.9 Å². The summed E-state index contributed by atoms with van der Waals surface area (Å²) in [6, 6.07) is 2.13. The van der Waals surface area contributed by atoms with Crippen molar-refractivity contribution in [2.75, 3.05) is 26.7 Å². The lowest BCUT2D eigenvalue weighted by molar-refractivity contribution is -0.149. The van der Waals surface area contributed by atoms with Crippen LogP contribution in [0, 0.1) is 12.8 Å². The largest absolute Gasteiger partial charge is 0.466 e. The van der Waals surface area contributed by atoms with E-state index in [1.54, 1.807) is 18.4 Å². The molecule has 22 heavy (non-hydrogen) atoms. The number of carbonyl (C=O) groups excluding carboxylic acids is 1. The SMILES string of the molecule is CCOC(=O)C1CCCN(C(=NC)NCc2sccc2C)C1. The first-order valence-electron chi connectivity index (χ1n) is 7.81. The van der Waals surface area contributed by atoms with Crippen LogP contribution in [-0.2, 0) is 16.1 Å². The van der Waals surface area contributed by atoms with Crippen molar-refractivity contribution >= 4 is 23.3 Å². The normalized spacial score (nSPS) is 19.1. The number of carbonyl (C=O) groups is 1. The Kier molecular flexibility index (Phi) is 6.24. The minimum Gasteiger partial charge on any atom is -0.466 e. The molecule has 0 amide bonds. The maximum atomic E-state index is 11.9. The van der Waals surface area contributed by atoms with E-state index in [0.717, 1.165) is 31.9 Å². The predicted octanol–water partition coefficient (Wildman–Crippen LogP) is 2.41. The van der Waals surface area contributed by atoms with Crippen molar-refractivity contribution < 1.29 is 9.53 Å². The van der Waals surface area contributed by atoms with E-state index in [-0.39, 0.29) is 11.9 Å². The number of nitrogens with one attached hydrogen (secondary N) is 1. The van der Waals surface area contributed by atoms with E-state index in [0.29, 0.717) is 13.2 Å². The number of likely N-dealkylation sites (tertiary alicyclic amines) is 1. The topological polar surface area (TPSA) is 53.9 Å². The first-order chi connectivity index (χ1) is 10.7. The van der Waals surface area contributed by atoms with E-state index in [1.165, 1.54) is 10.4 Å². The summed E-state index contributed by atoms with van der Waals surface area (Å²) in [5.74, 6) is 0.731. The van der Waals surface area contributed by atoms with Crippen LogP contribution in [0.25, 0.3) is 0 Å². The lowest BCUT2D eigenvalue weighted by atomic mass is 9.98. The number of hydrogen-bond donors (Lipinski definition) is 1. The predicted molar refractivity (Wildman–Crippen MR) is 90.2 cm³/mol. The number of aliphatic imine (C=N–C) groups is 1. The highest BCUT2D eigenvalue weighted by atomic mass is 32.1. The molecule has 1 saturated heterocycles. The summed E-state index contributed by atoms with van der Waals surface area (Å²) < 4.78 is 5.15. The van der Waals surface area contributed by atoms with E-state index >= 15 is 0 Å². The molecular weight excluding hydrogens is 298 g/mol. The molecule has 2 rings (SSSR count). The monoisotopic (exact) mass is 323 g/mol. The zero-order valence-electron chi connectivity index (χ0n) is 13.6. The second-order valence-corrected chi connectivity index (χ2v) is 6.47. The molecule has 1 aliphatic heterocycles. The number of ether oxygens (including phenoxy) is 1. The molecule has 2 heterocycles. The molecular formula is C16H25N3O2S. The quantitative estimate of drug-likeness (QED) is 0.525. The van der Waals surface area contributed by atoms with Crippen LogP contribution in [0.2, 0.25) is 0 Å². The Labute approximate surface area is 136 Å². The van der Waals surface area contributed by atoms with Crippen molar-refractivity contribution in [1.82, 2.24) is 10.2 Å². The maximum absolute atomic E-state index is 11.9. The number of guanidine groups is 1. The molecule has 1 unspecified atom stereocenters. The Hall–Kier alpha value is -1.56. The first-order valence-corrected chi connectivity index (χ1v) is 8.68. The van der Waals surface area contributed by atoms with Gasteiger partial charge in [-0.2, -0.15) is 0 Å². The number of nitrogens with zero attached hydrogens (tertiary/aromatic N) is 2. The number of esters is 1. The van der Waals surface area contributed by atoms with Gasteiger partial charge < -0.3 is 15.0 Å². The molecule has 1 aliphatic rings. The Morgan fingerprint density at radius 2 is 2.41 bits per heavy atom. The molecule has 0 radical (unpaired) electrons. The van der Waals surface area contributed by atoms with Crippen molar-refractivity contribution in [1.29, 1.82) is 0 Å². The maximum Gasteiger partial charge on any atom is 0.310 e. The minimum absolute atomic E-state index is 0.0456. The lowest BCUT2D eigenvalue weighted by Gasteiger charge is -2.33. The summed E-state index contributed by atoms with van der Waals surface area (Å²) in [5.41, 5.74) is 1.30. The molecule has 5 nitrogen and oxygen atoms in total. The van der Waals surface area contributed by atoms with Crippen molar-refractivity contribution in [2.45, 2.75) is 33.2 Å². The number of piperidine rings is 1. The van der Waals surface area contributed by atoms with Crippen LogP contribution in [0.1, 0.15) is 30.2 Å². The van der Waals surface area contributed by atoms with Crippen molar-refractivity contribution in [3.8, 4) is 0 Å². The van der Waals surface area contributed by atoms with Gasteiger partial charge in [-0.15, -0.1) is 11.3 Å². The number of rotatable bonds is 4. The van der Waals surface area contributed by atoms with Crippen LogP contribution in [0.15, 0.2) is 16.4 Å². The van der Waals surface area contributed by atoms with Gasteiger partial charge in [0, 0.05) is 25.0 Å². The fourth-order valence-corrected chi connectivity index (χ4v) is 3.54. The molecule has 0 bridgehead atoms. The number of thiophene rings is 1.